The molecular weight excluding hydrogens is 262 g/mol. The van der Waals surface area contributed by atoms with E-state index >= 15 is 0 Å². The van der Waals surface area contributed by atoms with E-state index in [1.807, 2.05) is 0 Å². The van der Waals surface area contributed by atoms with Crippen molar-refractivity contribution in [1.29, 1.82) is 0 Å². The molecule has 2 aliphatic rings. The molecule has 0 aromatic heterocycles. The summed E-state index contributed by atoms with van der Waals surface area (Å²) in [6, 6.07) is 0. The van der Waals surface area contributed by atoms with Crippen molar-refractivity contribution in [2.45, 2.75) is 65.1 Å². The number of carbonyl (C=O) groups excluding carboxylic acids is 1. The van der Waals surface area contributed by atoms with Gasteiger partial charge in [0.15, 0.2) is 0 Å². The van der Waals surface area contributed by atoms with Crippen molar-refractivity contribution in [1.82, 2.24) is 15.1 Å². The molecule has 2 heterocycles. The lowest BCUT2D eigenvalue weighted by atomic mass is 9.95. The van der Waals surface area contributed by atoms with Gasteiger partial charge in [-0.3, -0.25) is 10.1 Å². The molecule has 2 fully saturated rings. The van der Waals surface area contributed by atoms with Crippen molar-refractivity contribution in [3.63, 3.8) is 0 Å². The second-order valence-electron chi connectivity index (χ2n) is 7.68. The van der Waals surface area contributed by atoms with Crippen LogP contribution < -0.4 is 5.32 Å². The molecule has 122 valence electrons. The number of nitrogens with one attached hydrogen (secondary N) is 1. The fourth-order valence-corrected chi connectivity index (χ4v) is 3.58. The van der Waals surface area contributed by atoms with Crippen molar-refractivity contribution in [3.05, 3.63) is 0 Å². The number of likely N-dealkylation sites (tertiary alicyclic amines) is 1. The highest BCUT2D eigenvalue weighted by molar-refractivity contribution is 5.88. The van der Waals surface area contributed by atoms with Gasteiger partial charge in [-0.15, -0.1) is 0 Å². The maximum Gasteiger partial charge on any atom is 0.243 e. The van der Waals surface area contributed by atoms with Gasteiger partial charge in [-0.1, -0.05) is 20.8 Å². The minimum atomic E-state index is -0.356. The summed E-state index contributed by atoms with van der Waals surface area (Å²) >= 11 is 0. The highest BCUT2D eigenvalue weighted by Crippen LogP contribution is 2.29. The van der Waals surface area contributed by atoms with E-state index < -0.39 is 0 Å². The third-order valence-corrected chi connectivity index (χ3v) is 5.29. The topological polar surface area (TPSA) is 35.6 Å². The number of piperidine rings is 1. The van der Waals surface area contributed by atoms with Gasteiger partial charge in [-0.25, -0.2) is 0 Å². The highest BCUT2D eigenvalue weighted by Gasteiger charge is 2.47. The SMILES string of the molecule is CCC1(C)NC(CC(C)C)N(CC2CCN(C)CC2)C1=O. The number of rotatable bonds is 5. The van der Waals surface area contributed by atoms with E-state index in [9.17, 15) is 4.79 Å². The van der Waals surface area contributed by atoms with Crippen LogP contribution in [0.4, 0.5) is 0 Å². The second-order valence-corrected chi connectivity index (χ2v) is 7.68. The summed E-state index contributed by atoms with van der Waals surface area (Å²) in [5.41, 5.74) is -0.356. The molecule has 0 saturated carbocycles. The van der Waals surface area contributed by atoms with Crippen LogP contribution in [0, 0.1) is 11.8 Å². The van der Waals surface area contributed by atoms with Gasteiger partial charge in [0.2, 0.25) is 5.91 Å². The van der Waals surface area contributed by atoms with Gasteiger partial charge in [0.05, 0.1) is 11.7 Å². The predicted molar refractivity (Wildman–Crippen MR) is 87.0 cm³/mol. The average molecular weight is 295 g/mol. The molecule has 2 rings (SSSR count). The summed E-state index contributed by atoms with van der Waals surface area (Å²) in [5.74, 6) is 1.59. The minimum Gasteiger partial charge on any atom is -0.325 e. The molecular formula is C17H33N3O. The summed E-state index contributed by atoms with van der Waals surface area (Å²) < 4.78 is 0. The first-order chi connectivity index (χ1) is 9.85. The van der Waals surface area contributed by atoms with Crippen molar-refractivity contribution in [2.75, 3.05) is 26.7 Å². The van der Waals surface area contributed by atoms with Gasteiger partial charge in [-0.2, -0.15) is 0 Å². The molecule has 2 aliphatic heterocycles. The molecule has 2 saturated heterocycles. The smallest absolute Gasteiger partial charge is 0.243 e. The molecule has 0 radical (unpaired) electrons. The van der Waals surface area contributed by atoms with E-state index in [1.165, 1.54) is 25.9 Å². The normalized spacial score (nSPS) is 32.4. The van der Waals surface area contributed by atoms with Gasteiger partial charge < -0.3 is 9.80 Å². The summed E-state index contributed by atoms with van der Waals surface area (Å²) in [6.07, 6.45) is 4.58. The zero-order valence-corrected chi connectivity index (χ0v) is 14.5. The van der Waals surface area contributed by atoms with Crippen molar-refractivity contribution >= 4 is 5.91 Å². The molecule has 2 unspecified atom stereocenters. The van der Waals surface area contributed by atoms with E-state index in [1.54, 1.807) is 0 Å². The van der Waals surface area contributed by atoms with E-state index in [2.05, 4.69) is 49.9 Å². The molecule has 0 bridgehead atoms. The molecule has 0 aliphatic carbocycles. The third-order valence-electron chi connectivity index (χ3n) is 5.29. The van der Waals surface area contributed by atoms with Crippen LogP contribution in [-0.4, -0.2) is 54.1 Å². The lowest BCUT2D eigenvalue weighted by Crippen LogP contribution is -2.44. The summed E-state index contributed by atoms with van der Waals surface area (Å²) in [5, 5.41) is 3.61. The molecule has 4 heteroatoms. The van der Waals surface area contributed by atoms with Gasteiger partial charge >= 0.3 is 0 Å². The first kappa shape index (κ1) is 16.8. The number of amides is 1. The van der Waals surface area contributed by atoms with Crippen molar-refractivity contribution in [2.24, 2.45) is 11.8 Å². The molecule has 0 aromatic carbocycles. The standard InChI is InChI=1S/C17H33N3O/c1-6-17(4)16(21)20(15(18-17)11-13(2)3)12-14-7-9-19(5)10-8-14/h13-15,18H,6-12H2,1-5H3. The van der Waals surface area contributed by atoms with Gasteiger partial charge in [0.25, 0.3) is 0 Å². The Labute approximate surface area is 130 Å². The van der Waals surface area contributed by atoms with Crippen molar-refractivity contribution in [3.8, 4) is 0 Å². The fraction of sp³-hybridized carbons (Fsp3) is 0.941. The van der Waals surface area contributed by atoms with Crippen LogP contribution in [0.1, 0.15) is 53.4 Å². The summed E-state index contributed by atoms with van der Waals surface area (Å²) in [4.78, 5) is 17.4. The van der Waals surface area contributed by atoms with Crippen LogP contribution >= 0.6 is 0 Å². The Morgan fingerprint density at radius 2 is 1.95 bits per heavy atom. The molecule has 21 heavy (non-hydrogen) atoms. The van der Waals surface area contributed by atoms with Crippen LogP contribution in [0.3, 0.4) is 0 Å². The quantitative estimate of drug-likeness (QED) is 0.845. The Kier molecular flexibility index (Phi) is 5.31. The van der Waals surface area contributed by atoms with Gasteiger partial charge in [0, 0.05) is 6.54 Å². The van der Waals surface area contributed by atoms with Crippen LogP contribution in [-0.2, 0) is 4.79 Å². The van der Waals surface area contributed by atoms with E-state index in [0.717, 1.165) is 19.4 Å². The second kappa shape index (κ2) is 6.66. The number of hydrogen-bond donors (Lipinski definition) is 1. The zero-order valence-electron chi connectivity index (χ0n) is 14.5. The van der Waals surface area contributed by atoms with Crippen LogP contribution in [0.15, 0.2) is 0 Å². The molecule has 0 aromatic rings. The maximum absolute atomic E-state index is 12.8. The summed E-state index contributed by atoms with van der Waals surface area (Å²) in [7, 11) is 2.19. The largest absolute Gasteiger partial charge is 0.325 e. The fourth-order valence-electron chi connectivity index (χ4n) is 3.58. The zero-order chi connectivity index (χ0) is 15.6. The molecule has 2 atom stereocenters. The Balaban J connectivity index is 2.04. The number of nitrogens with zero attached hydrogens (tertiary/aromatic N) is 2. The van der Waals surface area contributed by atoms with Crippen LogP contribution in [0.5, 0.6) is 0 Å². The maximum atomic E-state index is 12.8. The monoisotopic (exact) mass is 295 g/mol. The highest BCUT2D eigenvalue weighted by atomic mass is 16.2. The number of hydrogen-bond acceptors (Lipinski definition) is 3. The molecule has 0 spiro atoms. The lowest BCUT2D eigenvalue weighted by Gasteiger charge is -2.34. The van der Waals surface area contributed by atoms with E-state index in [-0.39, 0.29) is 11.7 Å². The Morgan fingerprint density at radius 1 is 1.33 bits per heavy atom. The number of carbonyl (C=O) groups is 1. The third kappa shape index (κ3) is 3.78. The lowest BCUT2D eigenvalue weighted by molar-refractivity contribution is -0.133. The minimum absolute atomic E-state index is 0.224. The predicted octanol–water partition coefficient (Wildman–Crippen LogP) is 2.30. The molecule has 4 nitrogen and oxygen atoms in total. The van der Waals surface area contributed by atoms with Gasteiger partial charge in [0.1, 0.15) is 0 Å². The average Bonchev–Trinajstić information content (AvgIpc) is 2.66. The van der Waals surface area contributed by atoms with Crippen molar-refractivity contribution < 1.29 is 4.79 Å². The first-order valence-corrected chi connectivity index (χ1v) is 8.63. The Morgan fingerprint density at radius 3 is 2.48 bits per heavy atom. The first-order valence-electron chi connectivity index (χ1n) is 8.63. The Hall–Kier alpha value is -0.610. The summed E-state index contributed by atoms with van der Waals surface area (Å²) in [6.45, 7) is 11.9. The molecule has 1 amide bonds. The van der Waals surface area contributed by atoms with Crippen LogP contribution in [0.2, 0.25) is 0 Å². The molecule has 1 N–H and O–H groups in total. The van der Waals surface area contributed by atoms with E-state index in [4.69, 9.17) is 0 Å². The van der Waals surface area contributed by atoms with Gasteiger partial charge in [-0.05, 0) is 64.6 Å². The van der Waals surface area contributed by atoms with Crippen LogP contribution in [0.25, 0.3) is 0 Å². The Bertz CT molecular complexity index is 363. The van der Waals surface area contributed by atoms with E-state index in [0.29, 0.717) is 17.7 Å².